The second-order valence-electron chi connectivity index (χ2n) is 11.5. The average Bonchev–Trinajstić information content (AvgIpc) is 3.78. The van der Waals surface area contributed by atoms with Crippen LogP contribution in [-0.2, 0) is 17.6 Å². The van der Waals surface area contributed by atoms with Gasteiger partial charge in [0.25, 0.3) is 11.8 Å². The Hall–Kier alpha value is -2.88. The van der Waals surface area contributed by atoms with Crippen molar-refractivity contribution in [2.24, 2.45) is 29.6 Å². The molecule has 0 bridgehead atoms. The third kappa shape index (κ3) is 4.64. The van der Waals surface area contributed by atoms with Crippen LogP contribution in [0.25, 0.3) is 0 Å². The molecule has 4 aliphatic carbocycles. The minimum Gasteiger partial charge on any atom is -0.383 e. The van der Waals surface area contributed by atoms with E-state index < -0.39 is 0 Å². The fraction of sp³-hybridized carbons (Fsp3) is 0.630. The van der Waals surface area contributed by atoms with Gasteiger partial charge >= 0.3 is 0 Å². The summed E-state index contributed by atoms with van der Waals surface area (Å²) in [4.78, 5) is 43.7. The lowest BCUT2D eigenvalue weighted by atomic mass is 9.73. The molecule has 0 aliphatic heterocycles. The van der Waals surface area contributed by atoms with Gasteiger partial charge in [-0.15, -0.1) is 11.3 Å². The number of amides is 3. The molecule has 2 aromatic heterocycles. The molecule has 2 heterocycles. The standard InChI is InChI=1S/C27H36N6O3S/c1-13-7-15(8-13)18-9-16(18)11-30-25(35)21-19-10-17(33-12-31-22(23(33)28)26(36)29-2)5-6-20(19)37-27(21)32-24(34)14-3-4-14/h12-18H,3-11,28H2,1-2H3,(H,29,36)(H,30,35)(H,32,34)/t13?,15?,16?,17-,18?/m0/s1. The van der Waals surface area contributed by atoms with Gasteiger partial charge in [-0.05, 0) is 80.6 Å². The average molecular weight is 525 g/mol. The van der Waals surface area contributed by atoms with Crippen LogP contribution in [0.2, 0.25) is 0 Å². The summed E-state index contributed by atoms with van der Waals surface area (Å²) in [6, 6.07) is -0.0139. The summed E-state index contributed by atoms with van der Waals surface area (Å²) in [6.45, 7) is 3.01. The van der Waals surface area contributed by atoms with Crippen LogP contribution >= 0.6 is 11.3 Å². The van der Waals surface area contributed by atoms with Gasteiger partial charge < -0.3 is 26.3 Å². The van der Waals surface area contributed by atoms with Crippen LogP contribution < -0.4 is 21.7 Å². The van der Waals surface area contributed by atoms with Gasteiger partial charge in [0.2, 0.25) is 5.91 Å². The third-order valence-corrected chi connectivity index (χ3v) is 10.0. The normalized spacial score (nSPS) is 28.1. The van der Waals surface area contributed by atoms with E-state index in [9.17, 15) is 14.4 Å². The van der Waals surface area contributed by atoms with Crippen LogP contribution in [-0.4, -0.2) is 40.9 Å². The predicted molar refractivity (Wildman–Crippen MR) is 143 cm³/mol. The number of carbonyl (C=O) groups excluding carboxylic acids is 3. The Bertz CT molecular complexity index is 1240. The summed E-state index contributed by atoms with van der Waals surface area (Å²) < 4.78 is 1.85. The summed E-state index contributed by atoms with van der Waals surface area (Å²) in [5.74, 6) is 3.01. The van der Waals surface area contributed by atoms with Crippen molar-refractivity contribution in [2.75, 3.05) is 24.6 Å². The maximum Gasteiger partial charge on any atom is 0.273 e. The van der Waals surface area contributed by atoms with Crippen molar-refractivity contribution in [3.05, 3.63) is 28.0 Å². The molecule has 2 aromatic rings. The first-order valence-corrected chi connectivity index (χ1v) is 14.4. The van der Waals surface area contributed by atoms with Gasteiger partial charge in [0.05, 0.1) is 11.9 Å². The first-order valence-electron chi connectivity index (χ1n) is 13.6. The highest BCUT2D eigenvalue weighted by Gasteiger charge is 2.46. The molecule has 0 radical (unpaired) electrons. The molecule has 2 unspecified atom stereocenters. The van der Waals surface area contributed by atoms with Crippen LogP contribution in [0, 0.1) is 29.6 Å². The minimum absolute atomic E-state index is 0.0135. The zero-order valence-electron chi connectivity index (χ0n) is 21.5. The highest BCUT2D eigenvalue weighted by Crippen LogP contribution is 2.53. The van der Waals surface area contributed by atoms with Gasteiger partial charge in [-0.25, -0.2) is 4.98 Å². The molecular weight excluding hydrogens is 488 g/mol. The second-order valence-corrected chi connectivity index (χ2v) is 12.6. The Labute approximate surface area is 221 Å². The summed E-state index contributed by atoms with van der Waals surface area (Å²) in [5.41, 5.74) is 8.11. The van der Waals surface area contributed by atoms with Crippen LogP contribution in [0.15, 0.2) is 6.33 Å². The fourth-order valence-electron chi connectivity index (χ4n) is 6.35. The quantitative estimate of drug-likeness (QED) is 0.421. The highest BCUT2D eigenvalue weighted by molar-refractivity contribution is 7.17. The molecule has 6 rings (SSSR count). The molecule has 5 N–H and O–H groups in total. The zero-order chi connectivity index (χ0) is 25.8. The maximum absolute atomic E-state index is 13.6. The number of aryl methyl sites for hydroxylation is 1. The van der Waals surface area contributed by atoms with Gasteiger partial charge in [0, 0.05) is 30.4 Å². The number of anilines is 2. The number of aromatic nitrogens is 2. The lowest BCUT2D eigenvalue weighted by Crippen LogP contribution is -2.30. The number of hydrogen-bond donors (Lipinski definition) is 4. The molecule has 0 aromatic carbocycles. The molecule has 198 valence electrons. The van der Waals surface area contributed by atoms with Crippen molar-refractivity contribution >= 4 is 39.9 Å². The number of hydrogen-bond acceptors (Lipinski definition) is 6. The Morgan fingerprint density at radius 2 is 1.95 bits per heavy atom. The van der Waals surface area contributed by atoms with E-state index in [1.165, 1.54) is 30.6 Å². The number of thiophene rings is 1. The Kier molecular flexibility index (Phi) is 6.25. The van der Waals surface area contributed by atoms with Crippen LogP contribution in [0.1, 0.15) is 82.8 Å². The van der Waals surface area contributed by atoms with Crippen molar-refractivity contribution in [1.29, 1.82) is 0 Å². The summed E-state index contributed by atoms with van der Waals surface area (Å²) in [5, 5.41) is 9.54. The molecule has 0 saturated heterocycles. The van der Waals surface area contributed by atoms with Crippen LogP contribution in [0.4, 0.5) is 10.8 Å². The van der Waals surface area contributed by atoms with E-state index >= 15 is 0 Å². The Morgan fingerprint density at radius 1 is 1.16 bits per heavy atom. The number of nitrogens with one attached hydrogen (secondary N) is 3. The Balaban J connectivity index is 1.21. The van der Waals surface area contributed by atoms with Gasteiger partial charge in [-0.1, -0.05) is 6.92 Å². The molecule has 9 nitrogen and oxygen atoms in total. The first-order chi connectivity index (χ1) is 17.8. The topological polar surface area (TPSA) is 131 Å². The number of nitrogen functional groups attached to an aromatic ring is 1. The molecule has 37 heavy (non-hydrogen) atoms. The summed E-state index contributed by atoms with van der Waals surface area (Å²) in [6.07, 6.45) is 9.51. The molecular formula is C27H36N6O3S. The molecule has 10 heteroatoms. The molecule has 3 amide bonds. The smallest absolute Gasteiger partial charge is 0.273 e. The van der Waals surface area contributed by atoms with Crippen LogP contribution in [0.5, 0.6) is 0 Å². The van der Waals surface area contributed by atoms with E-state index in [0.717, 1.165) is 53.9 Å². The molecule has 3 fully saturated rings. The molecule has 4 aliphatic rings. The van der Waals surface area contributed by atoms with Crippen molar-refractivity contribution in [2.45, 2.75) is 64.3 Å². The van der Waals surface area contributed by atoms with E-state index in [-0.39, 0.29) is 35.4 Å². The molecule has 3 saturated carbocycles. The molecule has 3 atom stereocenters. The SMILES string of the molecule is CNC(=O)c1ncn([C@H]2CCc3sc(NC(=O)C4CC4)c(C(=O)NCC4CC4C4CC(C)C4)c3C2)c1N. The van der Waals surface area contributed by atoms with Gasteiger partial charge in [-0.2, -0.15) is 0 Å². The van der Waals surface area contributed by atoms with E-state index in [0.29, 0.717) is 35.3 Å². The first kappa shape index (κ1) is 24.5. The largest absolute Gasteiger partial charge is 0.383 e. The number of fused-ring (bicyclic) bond motifs is 1. The summed E-state index contributed by atoms with van der Waals surface area (Å²) >= 11 is 1.53. The van der Waals surface area contributed by atoms with Gasteiger partial charge in [-0.3, -0.25) is 14.4 Å². The van der Waals surface area contributed by atoms with E-state index in [1.807, 2.05) is 4.57 Å². The van der Waals surface area contributed by atoms with E-state index in [2.05, 4.69) is 27.9 Å². The third-order valence-electron chi connectivity index (χ3n) is 8.83. The lowest BCUT2D eigenvalue weighted by Gasteiger charge is -2.33. The highest BCUT2D eigenvalue weighted by atomic mass is 32.1. The zero-order valence-corrected chi connectivity index (χ0v) is 22.3. The number of nitrogens with two attached hydrogens (primary N) is 1. The van der Waals surface area contributed by atoms with Crippen molar-refractivity contribution in [1.82, 2.24) is 20.2 Å². The maximum atomic E-state index is 13.6. The number of rotatable bonds is 8. The monoisotopic (exact) mass is 524 g/mol. The number of imidazole rings is 1. The molecule has 0 spiro atoms. The van der Waals surface area contributed by atoms with Gasteiger partial charge in [0.1, 0.15) is 10.8 Å². The van der Waals surface area contributed by atoms with Crippen molar-refractivity contribution in [3.63, 3.8) is 0 Å². The second kappa shape index (κ2) is 9.45. The number of carbonyl (C=O) groups is 3. The van der Waals surface area contributed by atoms with Crippen molar-refractivity contribution < 1.29 is 14.4 Å². The predicted octanol–water partition coefficient (Wildman–Crippen LogP) is 3.38. The van der Waals surface area contributed by atoms with E-state index in [4.69, 9.17) is 5.73 Å². The minimum atomic E-state index is -0.317. The summed E-state index contributed by atoms with van der Waals surface area (Å²) in [7, 11) is 1.55. The lowest BCUT2D eigenvalue weighted by molar-refractivity contribution is -0.117. The number of nitrogens with zero attached hydrogens (tertiary/aromatic N) is 2. The van der Waals surface area contributed by atoms with E-state index in [1.54, 1.807) is 13.4 Å². The van der Waals surface area contributed by atoms with Gasteiger partial charge in [0.15, 0.2) is 5.69 Å². The Morgan fingerprint density at radius 3 is 2.65 bits per heavy atom. The fourth-order valence-corrected chi connectivity index (χ4v) is 7.60. The van der Waals surface area contributed by atoms with Crippen LogP contribution in [0.3, 0.4) is 0 Å². The van der Waals surface area contributed by atoms with Crippen molar-refractivity contribution in [3.8, 4) is 0 Å².